The summed E-state index contributed by atoms with van der Waals surface area (Å²) < 4.78 is 7.66. The molecule has 0 aromatic carbocycles. The first-order valence-corrected chi connectivity index (χ1v) is 8.97. The summed E-state index contributed by atoms with van der Waals surface area (Å²) in [7, 11) is 1.86. The highest BCUT2D eigenvalue weighted by molar-refractivity contribution is 5.95. The maximum absolute atomic E-state index is 12.3. The molecule has 0 bridgehead atoms. The number of hydrogen-bond donors (Lipinski definition) is 1. The van der Waals surface area contributed by atoms with Gasteiger partial charge in [0.05, 0.1) is 24.5 Å². The van der Waals surface area contributed by atoms with Gasteiger partial charge in [-0.3, -0.25) is 14.5 Å². The number of pyridine rings is 1. The van der Waals surface area contributed by atoms with Gasteiger partial charge in [0.25, 0.3) is 5.91 Å². The second-order valence-corrected chi connectivity index (χ2v) is 6.79. The van der Waals surface area contributed by atoms with E-state index in [0.29, 0.717) is 30.7 Å². The highest BCUT2D eigenvalue weighted by Crippen LogP contribution is 2.26. The first-order chi connectivity index (χ1) is 12.1. The van der Waals surface area contributed by atoms with Gasteiger partial charge >= 0.3 is 0 Å². The molecule has 1 aliphatic carbocycles. The van der Waals surface area contributed by atoms with E-state index in [1.165, 1.54) is 19.3 Å². The third-order valence-electron chi connectivity index (χ3n) is 4.79. The molecule has 25 heavy (non-hydrogen) atoms. The van der Waals surface area contributed by atoms with Crippen molar-refractivity contribution < 1.29 is 9.53 Å². The van der Waals surface area contributed by atoms with Crippen molar-refractivity contribution in [1.29, 1.82) is 0 Å². The Morgan fingerprint density at radius 1 is 1.28 bits per heavy atom. The summed E-state index contributed by atoms with van der Waals surface area (Å²) in [5.74, 6) is 0.489. The summed E-state index contributed by atoms with van der Waals surface area (Å²) in [6, 6.07) is 1.84. The van der Waals surface area contributed by atoms with Crippen LogP contribution in [-0.4, -0.2) is 39.9 Å². The van der Waals surface area contributed by atoms with E-state index in [1.807, 2.05) is 19.3 Å². The van der Waals surface area contributed by atoms with E-state index < -0.39 is 0 Å². The second kappa shape index (κ2) is 8.25. The Hall–Kier alpha value is -2.21. The van der Waals surface area contributed by atoms with Gasteiger partial charge in [-0.15, -0.1) is 0 Å². The summed E-state index contributed by atoms with van der Waals surface area (Å²) in [6.45, 7) is 3.31. The molecule has 0 radical (unpaired) electrons. The van der Waals surface area contributed by atoms with Crippen LogP contribution in [0.1, 0.15) is 43.0 Å². The van der Waals surface area contributed by atoms with Crippen LogP contribution in [0.15, 0.2) is 30.9 Å². The first kappa shape index (κ1) is 17.6. The van der Waals surface area contributed by atoms with E-state index in [4.69, 9.17) is 4.74 Å². The fraction of sp³-hybridized carbons (Fsp3) is 0.526. The third kappa shape index (κ3) is 4.66. The van der Waals surface area contributed by atoms with Gasteiger partial charge in [-0.05, 0) is 24.8 Å². The van der Waals surface area contributed by atoms with E-state index in [1.54, 1.807) is 23.3 Å². The molecule has 0 saturated heterocycles. The number of hydrogen-bond acceptors (Lipinski definition) is 4. The summed E-state index contributed by atoms with van der Waals surface area (Å²) >= 11 is 0. The maximum atomic E-state index is 12.3. The van der Waals surface area contributed by atoms with Gasteiger partial charge in [0, 0.05) is 43.3 Å². The highest BCUT2D eigenvalue weighted by Gasteiger charge is 2.21. The Balaban J connectivity index is 1.50. The fourth-order valence-electron chi connectivity index (χ4n) is 3.30. The maximum Gasteiger partial charge on any atom is 0.252 e. The SMILES string of the molecule is C[C@@H]1CCCC[C@@H]1OCCNC(=O)c1cncc(-c2cnn(C)c2)c1. The molecular formula is C19H26N4O2. The zero-order chi connectivity index (χ0) is 17.6. The van der Waals surface area contributed by atoms with Crippen molar-refractivity contribution in [3.8, 4) is 11.1 Å². The largest absolute Gasteiger partial charge is 0.376 e. The van der Waals surface area contributed by atoms with Crippen LogP contribution in [0.5, 0.6) is 0 Å². The van der Waals surface area contributed by atoms with Crippen molar-refractivity contribution in [1.82, 2.24) is 20.1 Å². The number of carbonyl (C=O) groups excluding carboxylic acids is 1. The lowest BCUT2D eigenvalue weighted by molar-refractivity contribution is -0.00293. The molecule has 2 aromatic rings. The molecule has 134 valence electrons. The Morgan fingerprint density at radius 3 is 2.88 bits per heavy atom. The van der Waals surface area contributed by atoms with Crippen molar-refractivity contribution >= 4 is 5.91 Å². The lowest BCUT2D eigenvalue weighted by Crippen LogP contribution is -2.31. The minimum Gasteiger partial charge on any atom is -0.376 e. The molecule has 6 nitrogen and oxygen atoms in total. The minimum atomic E-state index is -0.126. The van der Waals surface area contributed by atoms with E-state index in [2.05, 4.69) is 22.3 Å². The molecule has 2 aromatic heterocycles. The van der Waals surface area contributed by atoms with Gasteiger partial charge in [-0.2, -0.15) is 5.10 Å². The standard InChI is InChI=1S/C19H26N4O2/c1-14-5-3-4-6-18(14)25-8-7-21-19(24)16-9-15(10-20-11-16)17-12-22-23(2)13-17/h9-14,18H,3-8H2,1-2H3,(H,21,24)/t14-,18+/m1/s1. The number of aryl methyl sites for hydroxylation is 1. The van der Waals surface area contributed by atoms with Crippen LogP contribution in [0.2, 0.25) is 0 Å². The number of nitrogens with zero attached hydrogens (tertiary/aromatic N) is 3. The average Bonchev–Trinajstić information content (AvgIpc) is 3.06. The topological polar surface area (TPSA) is 69.0 Å². The van der Waals surface area contributed by atoms with Gasteiger partial charge in [0.15, 0.2) is 0 Å². The molecule has 1 aliphatic rings. The highest BCUT2D eigenvalue weighted by atomic mass is 16.5. The Morgan fingerprint density at radius 2 is 2.12 bits per heavy atom. The molecule has 1 saturated carbocycles. The van der Waals surface area contributed by atoms with Crippen LogP contribution in [0.3, 0.4) is 0 Å². The number of nitrogens with one attached hydrogen (secondary N) is 1. The molecule has 1 amide bonds. The van der Waals surface area contributed by atoms with Gasteiger partial charge in [0.1, 0.15) is 0 Å². The number of amides is 1. The van der Waals surface area contributed by atoms with Crippen LogP contribution in [-0.2, 0) is 11.8 Å². The molecule has 1 fully saturated rings. The van der Waals surface area contributed by atoms with Crippen LogP contribution in [0, 0.1) is 5.92 Å². The normalized spacial score (nSPS) is 20.4. The van der Waals surface area contributed by atoms with E-state index >= 15 is 0 Å². The molecule has 1 N–H and O–H groups in total. The van der Waals surface area contributed by atoms with Crippen molar-refractivity contribution in [2.24, 2.45) is 13.0 Å². The average molecular weight is 342 g/mol. The molecule has 3 rings (SSSR count). The lowest BCUT2D eigenvalue weighted by atomic mass is 9.88. The van der Waals surface area contributed by atoms with Crippen molar-refractivity contribution in [2.75, 3.05) is 13.2 Å². The molecule has 0 unspecified atom stereocenters. The monoisotopic (exact) mass is 342 g/mol. The quantitative estimate of drug-likeness (QED) is 0.820. The van der Waals surface area contributed by atoms with Crippen molar-refractivity contribution in [3.63, 3.8) is 0 Å². The predicted molar refractivity (Wildman–Crippen MR) is 96.1 cm³/mol. The molecule has 2 heterocycles. The summed E-state index contributed by atoms with van der Waals surface area (Å²) in [5, 5.41) is 7.06. The first-order valence-electron chi connectivity index (χ1n) is 8.97. The van der Waals surface area contributed by atoms with Gasteiger partial charge in [-0.1, -0.05) is 19.8 Å². The number of rotatable bonds is 6. The van der Waals surface area contributed by atoms with Crippen LogP contribution < -0.4 is 5.32 Å². The Kier molecular flexibility index (Phi) is 5.81. The molecule has 6 heteroatoms. The smallest absolute Gasteiger partial charge is 0.252 e. The molecule has 0 spiro atoms. The van der Waals surface area contributed by atoms with E-state index in [0.717, 1.165) is 17.5 Å². The van der Waals surface area contributed by atoms with Crippen LogP contribution in [0.4, 0.5) is 0 Å². The van der Waals surface area contributed by atoms with Crippen LogP contribution >= 0.6 is 0 Å². The zero-order valence-electron chi connectivity index (χ0n) is 14.9. The summed E-state index contributed by atoms with van der Waals surface area (Å²) in [6.07, 6.45) is 12.2. The summed E-state index contributed by atoms with van der Waals surface area (Å²) in [4.78, 5) is 16.5. The van der Waals surface area contributed by atoms with Crippen molar-refractivity contribution in [2.45, 2.75) is 38.7 Å². The third-order valence-corrected chi connectivity index (χ3v) is 4.79. The Bertz CT molecular complexity index is 713. The molecule has 0 aliphatic heterocycles. The van der Waals surface area contributed by atoms with E-state index in [9.17, 15) is 4.79 Å². The number of ether oxygens (including phenoxy) is 1. The summed E-state index contributed by atoms with van der Waals surface area (Å²) in [5.41, 5.74) is 2.37. The zero-order valence-corrected chi connectivity index (χ0v) is 14.9. The second-order valence-electron chi connectivity index (χ2n) is 6.79. The van der Waals surface area contributed by atoms with Gasteiger partial charge in [0.2, 0.25) is 0 Å². The lowest BCUT2D eigenvalue weighted by Gasteiger charge is -2.28. The van der Waals surface area contributed by atoms with Gasteiger partial charge < -0.3 is 10.1 Å². The predicted octanol–water partition coefficient (Wildman–Crippen LogP) is 2.81. The molecular weight excluding hydrogens is 316 g/mol. The number of aromatic nitrogens is 3. The van der Waals surface area contributed by atoms with E-state index in [-0.39, 0.29) is 5.91 Å². The fourth-order valence-corrected chi connectivity index (χ4v) is 3.30. The molecule has 2 atom stereocenters. The number of carbonyl (C=O) groups is 1. The minimum absolute atomic E-state index is 0.126. The van der Waals surface area contributed by atoms with Gasteiger partial charge in [-0.25, -0.2) is 0 Å². The van der Waals surface area contributed by atoms with Crippen LogP contribution in [0.25, 0.3) is 11.1 Å². The van der Waals surface area contributed by atoms with Crippen molar-refractivity contribution in [3.05, 3.63) is 36.4 Å². The Labute approximate surface area is 148 Å².